The smallest absolute Gasteiger partial charge is 0.253 e. The quantitative estimate of drug-likeness (QED) is 0.688. The van der Waals surface area contributed by atoms with Crippen LogP contribution in [-0.4, -0.2) is 60.4 Å². The van der Waals surface area contributed by atoms with E-state index >= 15 is 0 Å². The predicted molar refractivity (Wildman–Crippen MR) is 122 cm³/mol. The van der Waals surface area contributed by atoms with Gasteiger partial charge in [0.25, 0.3) is 5.91 Å². The van der Waals surface area contributed by atoms with Gasteiger partial charge < -0.3 is 19.9 Å². The van der Waals surface area contributed by atoms with E-state index < -0.39 is 0 Å². The number of aromatic nitrogens is 1. The van der Waals surface area contributed by atoms with Gasteiger partial charge in [-0.2, -0.15) is 0 Å². The van der Waals surface area contributed by atoms with Gasteiger partial charge in [0.1, 0.15) is 0 Å². The van der Waals surface area contributed by atoms with Crippen LogP contribution in [0, 0.1) is 6.92 Å². The molecule has 7 heteroatoms. The lowest BCUT2D eigenvalue weighted by atomic mass is 9.89. The molecule has 2 N–H and O–H groups in total. The molecule has 1 aromatic heterocycles. The van der Waals surface area contributed by atoms with Gasteiger partial charge in [-0.15, -0.1) is 0 Å². The fourth-order valence-electron chi connectivity index (χ4n) is 4.65. The number of aryl methyl sites for hydroxylation is 1. The second kappa shape index (κ2) is 10.3. The van der Waals surface area contributed by atoms with Gasteiger partial charge in [-0.25, -0.2) is 0 Å². The van der Waals surface area contributed by atoms with Crippen LogP contribution in [0.4, 0.5) is 0 Å². The van der Waals surface area contributed by atoms with Gasteiger partial charge in [-0.1, -0.05) is 12.1 Å². The van der Waals surface area contributed by atoms with Gasteiger partial charge in [0.05, 0.1) is 24.5 Å². The summed E-state index contributed by atoms with van der Waals surface area (Å²) >= 11 is 0. The number of ether oxygens (including phenoxy) is 2. The van der Waals surface area contributed by atoms with Crippen molar-refractivity contribution in [2.24, 2.45) is 0 Å². The molecular weight excluding hydrogens is 406 g/mol. The summed E-state index contributed by atoms with van der Waals surface area (Å²) in [4.78, 5) is 20.0. The van der Waals surface area contributed by atoms with E-state index in [4.69, 9.17) is 14.5 Å². The molecule has 2 aliphatic heterocycles. The number of para-hydroxylation sites is 1. The number of phenolic OH excluding ortho intramolecular Hbond substituents is 1. The lowest BCUT2D eigenvalue weighted by molar-refractivity contribution is 0.0855. The standard InChI is InChI=1S/C25H33N3O4/c1-17-8-9-21(25(30)26-15-20-6-4-14-32-20)23(27-17)18-10-12-28(13-11-18)16-19-5-3-7-22(31-2)24(19)29/h3,5,7-9,18,20,29H,4,6,10-16H2,1-2H3,(H,26,30). The summed E-state index contributed by atoms with van der Waals surface area (Å²) < 4.78 is 10.9. The van der Waals surface area contributed by atoms with E-state index in [0.717, 1.165) is 62.3 Å². The van der Waals surface area contributed by atoms with Gasteiger partial charge in [-0.3, -0.25) is 14.7 Å². The summed E-state index contributed by atoms with van der Waals surface area (Å²) in [5.41, 5.74) is 3.38. The summed E-state index contributed by atoms with van der Waals surface area (Å²) in [6.07, 6.45) is 4.03. The third-order valence-electron chi connectivity index (χ3n) is 6.49. The van der Waals surface area contributed by atoms with Crippen molar-refractivity contribution in [1.29, 1.82) is 0 Å². The average molecular weight is 440 g/mol. The zero-order valence-electron chi connectivity index (χ0n) is 19.0. The molecule has 0 aliphatic carbocycles. The molecule has 32 heavy (non-hydrogen) atoms. The van der Waals surface area contributed by atoms with Gasteiger partial charge in [-0.05, 0) is 63.9 Å². The van der Waals surface area contributed by atoms with Gasteiger partial charge in [0.2, 0.25) is 0 Å². The number of nitrogens with one attached hydrogen (secondary N) is 1. The highest BCUT2D eigenvalue weighted by atomic mass is 16.5. The summed E-state index contributed by atoms with van der Waals surface area (Å²) in [6, 6.07) is 9.41. The number of likely N-dealkylation sites (tertiary alicyclic amines) is 1. The van der Waals surface area contributed by atoms with E-state index in [-0.39, 0.29) is 23.7 Å². The van der Waals surface area contributed by atoms with Crippen LogP contribution >= 0.6 is 0 Å². The number of piperidine rings is 1. The van der Waals surface area contributed by atoms with Crippen molar-refractivity contribution in [3.63, 3.8) is 0 Å². The highest BCUT2D eigenvalue weighted by Crippen LogP contribution is 2.33. The zero-order chi connectivity index (χ0) is 22.5. The van der Waals surface area contributed by atoms with Crippen molar-refractivity contribution in [2.45, 2.75) is 51.2 Å². The SMILES string of the molecule is COc1cccc(CN2CCC(c3nc(C)ccc3C(=O)NCC3CCCO3)CC2)c1O. The molecule has 4 rings (SSSR count). The predicted octanol–water partition coefficient (Wildman–Crippen LogP) is 3.39. The molecule has 0 bridgehead atoms. The number of carbonyl (C=O) groups is 1. The van der Waals surface area contributed by atoms with Crippen LogP contribution in [0.25, 0.3) is 0 Å². The maximum Gasteiger partial charge on any atom is 0.253 e. The Morgan fingerprint density at radius 2 is 2.06 bits per heavy atom. The Morgan fingerprint density at radius 3 is 2.78 bits per heavy atom. The number of phenols is 1. The zero-order valence-corrected chi connectivity index (χ0v) is 19.0. The molecule has 0 saturated carbocycles. The van der Waals surface area contributed by atoms with Gasteiger partial charge in [0.15, 0.2) is 11.5 Å². The second-order valence-electron chi connectivity index (χ2n) is 8.75. The van der Waals surface area contributed by atoms with Gasteiger partial charge in [0, 0.05) is 36.9 Å². The Hall–Kier alpha value is -2.64. The minimum absolute atomic E-state index is 0.0632. The van der Waals surface area contributed by atoms with Crippen LogP contribution in [0.15, 0.2) is 30.3 Å². The minimum Gasteiger partial charge on any atom is -0.504 e. The number of rotatable bonds is 7. The highest BCUT2D eigenvalue weighted by Gasteiger charge is 2.27. The Bertz CT molecular complexity index is 935. The number of nitrogens with zero attached hydrogens (tertiary/aromatic N) is 2. The van der Waals surface area contributed by atoms with Crippen LogP contribution in [-0.2, 0) is 11.3 Å². The third-order valence-corrected chi connectivity index (χ3v) is 6.49. The average Bonchev–Trinajstić information content (AvgIpc) is 3.33. The second-order valence-corrected chi connectivity index (χ2v) is 8.75. The molecule has 1 amide bonds. The molecule has 0 radical (unpaired) electrons. The fourth-order valence-corrected chi connectivity index (χ4v) is 4.65. The molecule has 0 spiro atoms. The molecule has 2 saturated heterocycles. The molecule has 3 heterocycles. The monoisotopic (exact) mass is 439 g/mol. The summed E-state index contributed by atoms with van der Waals surface area (Å²) in [6.45, 7) is 5.74. The molecule has 1 atom stereocenters. The van der Waals surface area contributed by atoms with Crippen LogP contribution in [0.5, 0.6) is 11.5 Å². The minimum atomic E-state index is -0.0632. The van der Waals surface area contributed by atoms with Crippen LogP contribution in [0.3, 0.4) is 0 Å². The first-order chi connectivity index (χ1) is 15.5. The first kappa shape index (κ1) is 22.6. The van der Waals surface area contributed by atoms with E-state index in [9.17, 15) is 9.90 Å². The summed E-state index contributed by atoms with van der Waals surface area (Å²) in [7, 11) is 1.56. The number of hydrogen-bond donors (Lipinski definition) is 2. The summed E-state index contributed by atoms with van der Waals surface area (Å²) in [5, 5.41) is 13.4. The number of aromatic hydroxyl groups is 1. The Labute approximate surface area is 189 Å². The number of methoxy groups -OCH3 is 1. The van der Waals surface area contributed by atoms with Crippen molar-refractivity contribution in [3.05, 3.63) is 52.8 Å². The van der Waals surface area contributed by atoms with Crippen LogP contribution < -0.4 is 10.1 Å². The Balaban J connectivity index is 1.39. The topological polar surface area (TPSA) is 83.9 Å². The number of pyridine rings is 1. The van der Waals surface area contributed by atoms with Crippen LogP contribution in [0.1, 0.15) is 58.9 Å². The Morgan fingerprint density at radius 1 is 1.25 bits per heavy atom. The molecule has 2 fully saturated rings. The van der Waals surface area contributed by atoms with Crippen LogP contribution in [0.2, 0.25) is 0 Å². The number of carbonyl (C=O) groups excluding carboxylic acids is 1. The maximum atomic E-state index is 12.9. The molecule has 1 unspecified atom stereocenters. The summed E-state index contributed by atoms with van der Waals surface area (Å²) in [5.74, 6) is 0.892. The van der Waals surface area contributed by atoms with E-state index in [1.807, 2.05) is 31.2 Å². The fraction of sp³-hybridized carbons (Fsp3) is 0.520. The molecule has 2 aromatic rings. The number of amides is 1. The first-order valence-corrected chi connectivity index (χ1v) is 11.5. The number of benzene rings is 1. The molecule has 172 valence electrons. The van der Waals surface area contributed by atoms with E-state index in [0.29, 0.717) is 24.4 Å². The highest BCUT2D eigenvalue weighted by molar-refractivity contribution is 5.95. The number of hydrogen-bond acceptors (Lipinski definition) is 6. The van der Waals surface area contributed by atoms with Gasteiger partial charge >= 0.3 is 0 Å². The van der Waals surface area contributed by atoms with E-state index in [1.54, 1.807) is 13.2 Å². The lowest BCUT2D eigenvalue weighted by Gasteiger charge is -2.32. The maximum absolute atomic E-state index is 12.9. The third kappa shape index (κ3) is 5.22. The Kier molecular flexibility index (Phi) is 7.27. The van der Waals surface area contributed by atoms with Crippen molar-refractivity contribution in [1.82, 2.24) is 15.2 Å². The molecule has 2 aliphatic rings. The largest absolute Gasteiger partial charge is 0.504 e. The van der Waals surface area contributed by atoms with Crippen molar-refractivity contribution < 1.29 is 19.4 Å². The van der Waals surface area contributed by atoms with Crippen molar-refractivity contribution >= 4 is 5.91 Å². The molecule has 1 aromatic carbocycles. The van der Waals surface area contributed by atoms with Crippen molar-refractivity contribution in [3.8, 4) is 11.5 Å². The molecule has 7 nitrogen and oxygen atoms in total. The van der Waals surface area contributed by atoms with E-state index in [1.165, 1.54) is 0 Å². The normalized spacial score (nSPS) is 19.8. The van der Waals surface area contributed by atoms with Crippen molar-refractivity contribution in [2.75, 3.05) is 33.4 Å². The lowest BCUT2D eigenvalue weighted by Crippen LogP contribution is -2.35. The van der Waals surface area contributed by atoms with E-state index in [2.05, 4.69) is 10.2 Å². The first-order valence-electron chi connectivity index (χ1n) is 11.5. The molecular formula is C25H33N3O4.